The molecule has 20 heavy (non-hydrogen) atoms. The molecule has 2 unspecified atom stereocenters. The molecule has 0 saturated carbocycles. The Bertz CT molecular complexity index is 579. The van der Waals surface area contributed by atoms with Gasteiger partial charge >= 0.3 is 0 Å². The zero-order chi connectivity index (χ0) is 13.9. The van der Waals surface area contributed by atoms with Crippen LogP contribution in [0.4, 0.5) is 5.69 Å². The van der Waals surface area contributed by atoms with Crippen LogP contribution >= 0.6 is 11.3 Å². The number of benzene rings is 1. The zero-order valence-electron chi connectivity index (χ0n) is 12.0. The average molecular weight is 287 g/mol. The maximum Gasteiger partial charge on any atom is 0.110 e. The number of thiazole rings is 1. The first kappa shape index (κ1) is 13.6. The van der Waals surface area contributed by atoms with Gasteiger partial charge in [-0.2, -0.15) is 0 Å². The van der Waals surface area contributed by atoms with Crippen LogP contribution in [0.3, 0.4) is 0 Å². The minimum absolute atomic E-state index is 0.346. The first-order valence-corrected chi connectivity index (χ1v) is 8.10. The summed E-state index contributed by atoms with van der Waals surface area (Å²) in [6.07, 6.45) is 1.17. The van der Waals surface area contributed by atoms with E-state index >= 15 is 0 Å². The summed E-state index contributed by atoms with van der Waals surface area (Å²) in [6, 6.07) is 8.99. The van der Waals surface area contributed by atoms with Crippen molar-refractivity contribution in [2.24, 2.45) is 0 Å². The maximum absolute atomic E-state index is 4.54. The Morgan fingerprint density at radius 3 is 3.10 bits per heavy atom. The highest BCUT2D eigenvalue weighted by molar-refractivity contribution is 7.09. The van der Waals surface area contributed by atoms with Crippen molar-refractivity contribution in [3.05, 3.63) is 45.9 Å². The summed E-state index contributed by atoms with van der Waals surface area (Å²) in [4.78, 5) is 4.54. The number of nitrogens with zero attached hydrogens (tertiary/aromatic N) is 1. The van der Waals surface area contributed by atoms with Gasteiger partial charge in [0.05, 0.1) is 6.04 Å². The van der Waals surface area contributed by atoms with Crippen LogP contribution in [0.5, 0.6) is 0 Å². The van der Waals surface area contributed by atoms with Gasteiger partial charge in [-0.1, -0.05) is 18.2 Å². The minimum Gasteiger partial charge on any atom is -0.384 e. The van der Waals surface area contributed by atoms with Gasteiger partial charge in [0.25, 0.3) is 0 Å². The molecular weight excluding hydrogens is 266 g/mol. The van der Waals surface area contributed by atoms with E-state index in [1.165, 1.54) is 22.7 Å². The lowest BCUT2D eigenvalue weighted by Crippen LogP contribution is -2.21. The Kier molecular flexibility index (Phi) is 4.03. The third kappa shape index (κ3) is 2.86. The van der Waals surface area contributed by atoms with Gasteiger partial charge in [0, 0.05) is 29.2 Å². The number of fused-ring (bicyclic) bond motifs is 1. The molecule has 106 valence electrons. The summed E-state index contributed by atoms with van der Waals surface area (Å²) in [7, 11) is 0. The highest BCUT2D eigenvalue weighted by atomic mass is 32.1. The summed E-state index contributed by atoms with van der Waals surface area (Å²) in [5.41, 5.74) is 3.89. The van der Waals surface area contributed by atoms with E-state index in [0.717, 1.165) is 18.8 Å². The molecule has 0 spiro atoms. The van der Waals surface area contributed by atoms with Gasteiger partial charge in [0.2, 0.25) is 0 Å². The number of anilines is 1. The van der Waals surface area contributed by atoms with Gasteiger partial charge in [-0.3, -0.25) is 0 Å². The number of nitrogens with one attached hydrogen (secondary N) is 2. The number of hydrogen-bond acceptors (Lipinski definition) is 4. The number of para-hydroxylation sites is 1. The fraction of sp³-hybridized carbons (Fsp3) is 0.438. The van der Waals surface area contributed by atoms with Crippen LogP contribution in [0.25, 0.3) is 0 Å². The monoisotopic (exact) mass is 287 g/mol. The molecule has 1 aliphatic heterocycles. The Hall–Kier alpha value is -1.39. The molecule has 0 bridgehead atoms. The fourth-order valence-corrected chi connectivity index (χ4v) is 3.58. The first-order chi connectivity index (χ1) is 9.74. The topological polar surface area (TPSA) is 37.0 Å². The molecule has 0 amide bonds. The van der Waals surface area contributed by atoms with Crippen LogP contribution in [0.2, 0.25) is 0 Å². The molecule has 2 aromatic rings. The molecule has 4 heteroatoms. The highest BCUT2D eigenvalue weighted by Gasteiger charge is 2.21. The second-order valence-corrected chi connectivity index (χ2v) is 6.35. The SMILES string of the molecule is Cc1csc(C(C)NCCC2CNc3ccccc32)n1. The summed E-state index contributed by atoms with van der Waals surface area (Å²) in [5.74, 6) is 0.629. The zero-order valence-corrected chi connectivity index (χ0v) is 12.8. The Morgan fingerprint density at radius 1 is 1.45 bits per heavy atom. The fourth-order valence-electron chi connectivity index (χ4n) is 2.75. The molecule has 1 aromatic heterocycles. The molecular formula is C16H21N3S. The van der Waals surface area contributed by atoms with Crippen LogP contribution < -0.4 is 10.6 Å². The number of aryl methyl sites for hydroxylation is 1. The van der Waals surface area contributed by atoms with Crippen molar-refractivity contribution in [1.82, 2.24) is 10.3 Å². The van der Waals surface area contributed by atoms with Crippen LogP contribution in [0.15, 0.2) is 29.6 Å². The standard InChI is InChI=1S/C16H21N3S/c1-11-10-20-16(19-11)12(2)17-8-7-13-9-18-15-6-4-3-5-14(13)15/h3-6,10,12-13,17-18H,7-9H2,1-2H3. The third-order valence-electron chi connectivity index (χ3n) is 3.89. The predicted molar refractivity (Wildman–Crippen MR) is 85.6 cm³/mol. The quantitative estimate of drug-likeness (QED) is 0.880. The molecule has 1 aliphatic rings. The molecule has 3 nitrogen and oxygen atoms in total. The van der Waals surface area contributed by atoms with E-state index in [-0.39, 0.29) is 0 Å². The molecule has 2 N–H and O–H groups in total. The largest absolute Gasteiger partial charge is 0.384 e. The maximum atomic E-state index is 4.54. The van der Waals surface area contributed by atoms with Crippen LogP contribution in [-0.4, -0.2) is 18.1 Å². The Morgan fingerprint density at radius 2 is 2.30 bits per heavy atom. The minimum atomic E-state index is 0.346. The summed E-state index contributed by atoms with van der Waals surface area (Å²) >= 11 is 1.74. The lowest BCUT2D eigenvalue weighted by molar-refractivity contribution is 0.528. The highest BCUT2D eigenvalue weighted by Crippen LogP contribution is 2.33. The molecule has 0 saturated heterocycles. The smallest absolute Gasteiger partial charge is 0.110 e. The van der Waals surface area contributed by atoms with Crippen molar-refractivity contribution in [3.8, 4) is 0 Å². The molecule has 0 radical (unpaired) electrons. The van der Waals surface area contributed by atoms with Crippen LogP contribution in [-0.2, 0) is 0 Å². The normalized spacial score (nSPS) is 18.6. The van der Waals surface area contributed by atoms with E-state index < -0.39 is 0 Å². The van der Waals surface area contributed by atoms with Crippen molar-refractivity contribution in [2.75, 3.05) is 18.4 Å². The van der Waals surface area contributed by atoms with Gasteiger partial charge in [0.1, 0.15) is 5.01 Å². The van der Waals surface area contributed by atoms with Gasteiger partial charge in [-0.15, -0.1) is 11.3 Å². The van der Waals surface area contributed by atoms with Crippen molar-refractivity contribution >= 4 is 17.0 Å². The number of rotatable bonds is 5. The molecule has 0 aliphatic carbocycles. The van der Waals surface area contributed by atoms with Crippen molar-refractivity contribution in [3.63, 3.8) is 0 Å². The lowest BCUT2D eigenvalue weighted by Gasteiger charge is -2.14. The summed E-state index contributed by atoms with van der Waals surface area (Å²) < 4.78 is 0. The van der Waals surface area contributed by atoms with E-state index in [1.54, 1.807) is 11.3 Å². The first-order valence-electron chi connectivity index (χ1n) is 7.22. The number of hydrogen-bond donors (Lipinski definition) is 2. The molecule has 1 aromatic carbocycles. The third-order valence-corrected chi connectivity index (χ3v) is 5.04. The second kappa shape index (κ2) is 5.94. The van der Waals surface area contributed by atoms with Crippen molar-refractivity contribution < 1.29 is 0 Å². The van der Waals surface area contributed by atoms with Crippen molar-refractivity contribution in [1.29, 1.82) is 0 Å². The Labute approximate surface area is 124 Å². The van der Waals surface area contributed by atoms with Crippen molar-refractivity contribution in [2.45, 2.75) is 32.2 Å². The van der Waals surface area contributed by atoms with Crippen LogP contribution in [0, 0.1) is 6.92 Å². The molecule has 0 fully saturated rings. The van der Waals surface area contributed by atoms with E-state index in [1.807, 2.05) is 6.92 Å². The second-order valence-electron chi connectivity index (χ2n) is 5.46. The van der Waals surface area contributed by atoms with Crippen LogP contribution in [0.1, 0.15) is 41.6 Å². The predicted octanol–water partition coefficient (Wildman–Crippen LogP) is 3.70. The van der Waals surface area contributed by atoms with Gasteiger partial charge in [-0.25, -0.2) is 4.98 Å². The lowest BCUT2D eigenvalue weighted by atomic mass is 9.98. The van der Waals surface area contributed by atoms with E-state index in [9.17, 15) is 0 Å². The van der Waals surface area contributed by atoms with E-state index in [4.69, 9.17) is 0 Å². The molecule has 2 heterocycles. The van der Waals surface area contributed by atoms with Gasteiger partial charge < -0.3 is 10.6 Å². The Balaban J connectivity index is 1.51. The number of aromatic nitrogens is 1. The summed E-state index contributed by atoms with van der Waals surface area (Å²) in [5, 5.41) is 10.4. The van der Waals surface area contributed by atoms with Gasteiger partial charge in [0.15, 0.2) is 0 Å². The van der Waals surface area contributed by atoms with Gasteiger partial charge in [-0.05, 0) is 38.4 Å². The summed E-state index contributed by atoms with van der Waals surface area (Å²) in [6.45, 7) is 6.33. The van der Waals surface area contributed by atoms with E-state index in [0.29, 0.717) is 12.0 Å². The average Bonchev–Trinajstić information content (AvgIpc) is 3.06. The van der Waals surface area contributed by atoms with E-state index in [2.05, 4.69) is 52.2 Å². The molecule has 2 atom stereocenters. The molecule has 3 rings (SSSR count).